The summed E-state index contributed by atoms with van der Waals surface area (Å²) in [4.78, 5) is 24.6. The van der Waals surface area contributed by atoms with Gasteiger partial charge in [0, 0.05) is 0 Å². The van der Waals surface area contributed by atoms with Crippen molar-refractivity contribution in [1.29, 1.82) is 0 Å². The number of carbonyl (C=O) groups excluding carboxylic acids is 2. The van der Waals surface area contributed by atoms with E-state index in [1.54, 1.807) is 35.9 Å². The van der Waals surface area contributed by atoms with Crippen LogP contribution in [0, 0.1) is 13.8 Å². The highest BCUT2D eigenvalue weighted by atomic mass is 16.5. The van der Waals surface area contributed by atoms with Crippen LogP contribution in [-0.4, -0.2) is 48.5 Å². The van der Waals surface area contributed by atoms with Crippen LogP contribution >= 0.6 is 0 Å². The van der Waals surface area contributed by atoms with Gasteiger partial charge in [0.25, 0.3) is 5.91 Å². The van der Waals surface area contributed by atoms with Crippen LogP contribution in [-0.2, 0) is 9.53 Å². The molecule has 156 valence electrons. The van der Waals surface area contributed by atoms with Crippen LogP contribution in [0.25, 0.3) is 11.4 Å². The molecule has 0 atom stereocenters. The van der Waals surface area contributed by atoms with Gasteiger partial charge >= 0.3 is 5.97 Å². The van der Waals surface area contributed by atoms with Crippen molar-refractivity contribution in [2.45, 2.75) is 13.8 Å². The number of rotatable bonds is 6. The summed E-state index contributed by atoms with van der Waals surface area (Å²) >= 11 is 0. The number of hydrogen-bond acceptors (Lipinski definition) is 7. The number of carbonyl (C=O) groups is 2. The van der Waals surface area contributed by atoms with Gasteiger partial charge in [-0.15, -0.1) is 5.10 Å². The topological polar surface area (TPSA) is 117 Å². The highest BCUT2D eigenvalue weighted by Gasteiger charge is 2.17. The summed E-state index contributed by atoms with van der Waals surface area (Å²) < 4.78 is 8.35. The molecule has 2 aromatic heterocycles. The number of hydrogen-bond donors (Lipinski definition) is 1. The fourth-order valence-corrected chi connectivity index (χ4v) is 3.06. The van der Waals surface area contributed by atoms with E-state index in [0.29, 0.717) is 22.6 Å². The molecule has 2 aromatic carbocycles. The fourth-order valence-electron chi connectivity index (χ4n) is 3.06. The molecule has 2 heterocycles. The maximum absolute atomic E-state index is 12.4. The molecule has 1 N–H and O–H groups in total. The number of para-hydroxylation sites is 1. The Balaban J connectivity index is 1.37. The molecule has 1 amide bonds. The molecular formula is C21H19N7O3. The quantitative estimate of drug-likeness (QED) is 0.478. The molecule has 31 heavy (non-hydrogen) atoms. The highest BCUT2D eigenvalue weighted by Crippen LogP contribution is 2.22. The predicted octanol–water partition coefficient (Wildman–Crippen LogP) is 2.26. The Morgan fingerprint density at radius 1 is 1.00 bits per heavy atom. The Morgan fingerprint density at radius 3 is 2.42 bits per heavy atom. The molecule has 0 aliphatic heterocycles. The lowest BCUT2D eigenvalue weighted by Gasteiger charge is -2.08. The number of benzene rings is 2. The summed E-state index contributed by atoms with van der Waals surface area (Å²) in [6.07, 6.45) is 1.45. The van der Waals surface area contributed by atoms with Crippen molar-refractivity contribution in [2.75, 3.05) is 11.9 Å². The molecule has 0 aliphatic carbocycles. The molecule has 10 nitrogen and oxygen atoms in total. The highest BCUT2D eigenvalue weighted by molar-refractivity contribution is 5.96. The first-order valence-electron chi connectivity index (χ1n) is 9.45. The van der Waals surface area contributed by atoms with Crippen molar-refractivity contribution in [1.82, 2.24) is 30.0 Å². The van der Waals surface area contributed by atoms with Gasteiger partial charge in [0.05, 0.1) is 34.0 Å². The van der Waals surface area contributed by atoms with Gasteiger partial charge in [0.2, 0.25) is 0 Å². The van der Waals surface area contributed by atoms with Gasteiger partial charge in [-0.1, -0.05) is 18.2 Å². The number of aromatic nitrogens is 6. The first kappa shape index (κ1) is 20.0. The third kappa shape index (κ3) is 4.32. The monoisotopic (exact) mass is 417 g/mol. The number of amides is 1. The standard InChI is InChI=1S/C21H19N7O3/c1-14-20(15(2)28(24-14)18-6-4-3-5-7-18)23-19(29)12-31-21(30)16-8-10-17(11-9-16)27-13-22-25-26-27/h3-11,13H,12H2,1-2H3,(H,23,29). The lowest BCUT2D eigenvalue weighted by Crippen LogP contribution is -2.21. The molecule has 0 saturated carbocycles. The van der Waals surface area contributed by atoms with E-state index < -0.39 is 18.5 Å². The summed E-state index contributed by atoms with van der Waals surface area (Å²) in [6, 6.07) is 16.1. The molecule has 0 unspecified atom stereocenters. The number of esters is 1. The maximum atomic E-state index is 12.4. The van der Waals surface area contributed by atoms with Gasteiger partial charge in [-0.25, -0.2) is 14.2 Å². The first-order chi connectivity index (χ1) is 15.0. The van der Waals surface area contributed by atoms with Crippen LogP contribution in [0.2, 0.25) is 0 Å². The van der Waals surface area contributed by atoms with E-state index in [9.17, 15) is 9.59 Å². The largest absolute Gasteiger partial charge is 0.452 e. The average molecular weight is 417 g/mol. The Labute approximate surface area is 177 Å². The molecule has 0 bridgehead atoms. The van der Waals surface area contributed by atoms with E-state index >= 15 is 0 Å². The van der Waals surface area contributed by atoms with Gasteiger partial charge in [-0.05, 0) is 60.7 Å². The van der Waals surface area contributed by atoms with Crippen LogP contribution in [0.1, 0.15) is 21.7 Å². The normalized spacial score (nSPS) is 10.6. The third-order valence-electron chi connectivity index (χ3n) is 4.61. The van der Waals surface area contributed by atoms with Crippen molar-refractivity contribution >= 4 is 17.6 Å². The molecule has 4 rings (SSSR count). The number of nitrogens with zero attached hydrogens (tertiary/aromatic N) is 6. The summed E-state index contributed by atoms with van der Waals surface area (Å²) in [5.74, 6) is -1.05. The van der Waals surface area contributed by atoms with Gasteiger partial charge < -0.3 is 10.1 Å². The van der Waals surface area contributed by atoms with Crippen molar-refractivity contribution in [2.24, 2.45) is 0 Å². The summed E-state index contributed by atoms with van der Waals surface area (Å²) in [5.41, 5.74) is 3.94. The van der Waals surface area contributed by atoms with Crippen LogP contribution in [0.3, 0.4) is 0 Å². The molecule has 10 heteroatoms. The van der Waals surface area contributed by atoms with Gasteiger partial charge in [0.15, 0.2) is 6.61 Å². The van der Waals surface area contributed by atoms with Crippen molar-refractivity contribution in [3.8, 4) is 11.4 Å². The first-order valence-corrected chi connectivity index (χ1v) is 9.45. The number of tetrazole rings is 1. The number of ether oxygens (including phenoxy) is 1. The van der Waals surface area contributed by atoms with Gasteiger partial charge in [-0.3, -0.25) is 4.79 Å². The minimum absolute atomic E-state index is 0.314. The van der Waals surface area contributed by atoms with Crippen LogP contribution < -0.4 is 5.32 Å². The van der Waals surface area contributed by atoms with E-state index in [0.717, 1.165) is 11.4 Å². The lowest BCUT2D eigenvalue weighted by atomic mass is 10.2. The van der Waals surface area contributed by atoms with E-state index in [4.69, 9.17) is 4.74 Å². The Hall–Kier alpha value is -4.34. The molecule has 4 aromatic rings. The fraction of sp³-hybridized carbons (Fsp3) is 0.143. The van der Waals surface area contributed by atoms with Crippen LogP contribution in [0.4, 0.5) is 5.69 Å². The molecule has 0 fully saturated rings. The zero-order valence-electron chi connectivity index (χ0n) is 16.9. The van der Waals surface area contributed by atoms with Gasteiger partial charge in [0.1, 0.15) is 6.33 Å². The van der Waals surface area contributed by atoms with E-state index in [1.807, 2.05) is 37.3 Å². The molecule has 0 spiro atoms. The van der Waals surface area contributed by atoms with Gasteiger partial charge in [-0.2, -0.15) is 5.10 Å². The second kappa shape index (κ2) is 8.57. The predicted molar refractivity (Wildman–Crippen MR) is 111 cm³/mol. The number of aryl methyl sites for hydroxylation is 1. The Kier molecular flexibility index (Phi) is 5.52. The lowest BCUT2D eigenvalue weighted by molar-refractivity contribution is -0.119. The minimum Gasteiger partial charge on any atom is -0.452 e. The second-order valence-electron chi connectivity index (χ2n) is 6.72. The average Bonchev–Trinajstić information content (AvgIpc) is 3.43. The SMILES string of the molecule is Cc1nn(-c2ccccc2)c(C)c1NC(=O)COC(=O)c1ccc(-n2cnnn2)cc1. The zero-order chi connectivity index (χ0) is 21.8. The number of nitrogens with one attached hydrogen (secondary N) is 1. The molecular weight excluding hydrogens is 398 g/mol. The summed E-state index contributed by atoms with van der Waals surface area (Å²) in [7, 11) is 0. The minimum atomic E-state index is -0.605. The number of anilines is 1. The van der Waals surface area contributed by atoms with Crippen molar-refractivity contribution in [3.05, 3.63) is 77.9 Å². The Bertz CT molecular complexity index is 1200. The van der Waals surface area contributed by atoms with E-state index in [1.165, 1.54) is 11.0 Å². The smallest absolute Gasteiger partial charge is 0.338 e. The van der Waals surface area contributed by atoms with Crippen molar-refractivity contribution in [3.63, 3.8) is 0 Å². The molecule has 0 aliphatic rings. The summed E-state index contributed by atoms with van der Waals surface area (Å²) in [5, 5.41) is 18.2. The summed E-state index contributed by atoms with van der Waals surface area (Å²) in [6.45, 7) is 3.25. The second-order valence-corrected chi connectivity index (χ2v) is 6.72. The maximum Gasteiger partial charge on any atom is 0.338 e. The zero-order valence-corrected chi connectivity index (χ0v) is 16.9. The Morgan fingerprint density at radius 2 is 1.74 bits per heavy atom. The third-order valence-corrected chi connectivity index (χ3v) is 4.61. The van der Waals surface area contributed by atoms with Crippen LogP contribution in [0.5, 0.6) is 0 Å². The molecule has 0 radical (unpaired) electrons. The van der Waals surface area contributed by atoms with E-state index in [2.05, 4.69) is 25.9 Å². The molecule has 0 saturated heterocycles. The van der Waals surface area contributed by atoms with E-state index in [-0.39, 0.29) is 0 Å². The van der Waals surface area contributed by atoms with Crippen LogP contribution in [0.15, 0.2) is 60.9 Å². The van der Waals surface area contributed by atoms with Crippen molar-refractivity contribution < 1.29 is 14.3 Å².